The van der Waals surface area contributed by atoms with E-state index in [1.807, 2.05) is 6.08 Å². The molecule has 140 valence electrons. The van der Waals surface area contributed by atoms with Crippen molar-refractivity contribution in [2.75, 3.05) is 7.11 Å². The molecular weight excluding hydrogens is 332 g/mol. The van der Waals surface area contributed by atoms with Crippen LogP contribution in [-0.2, 0) is 23.8 Å². The zero-order chi connectivity index (χ0) is 19.2. The molecular formula is C21H26O5. The Morgan fingerprint density at radius 3 is 2.65 bits per heavy atom. The summed E-state index contributed by atoms with van der Waals surface area (Å²) in [5.74, 6) is -0.436. The van der Waals surface area contributed by atoms with Gasteiger partial charge in [0.15, 0.2) is 0 Å². The van der Waals surface area contributed by atoms with Crippen molar-refractivity contribution < 1.29 is 23.8 Å². The van der Waals surface area contributed by atoms with E-state index in [4.69, 9.17) is 9.47 Å². The molecule has 1 aliphatic carbocycles. The van der Waals surface area contributed by atoms with Crippen LogP contribution in [0.4, 0.5) is 0 Å². The molecule has 1 saturated carbocycles. The van der Waals surface area contributed by atoms with E-state index in [1.165, 1.54) is 13.2 Å². The molecule has 0 radical (unpaired) electrons. The maximum Gasteiger partial charge on any atom is 0.343 e. The number of carbonyl (C=O) groups is 2. The SMILES string of the molecule is COC(=O)/C=C(C)/C=C1C=C(/C=C/[C@@]23O[C@]2(C)CCCC3(C)C)C(=O)O/1. The Hall–Kier alpha value is -2.14. The summed E-state index contributed by atoms with van der Waals surface area (Å²) in [6.07, 6.45) is 11.8. The highest BCUT2D eigenvalue weighted by molar-refractivity contribution is 5.96. The quantitative estimate of drug-likeness (QED) is 0.435. The molecule has 0 unspecified atom stereocenters. The molecule has 2 fully saturated rings. The molecule has 3 rings (SSSR count). The number of fused-ring (bicyclic) bond motifs is 1. The lowest BCUT2D eigenvalue weighted by atomic mass is 9.64. The van der Waals surface area contributed by atoms with Crippen LogP contribution in [0.3, 0.4) is 0 Å². The van der Waals surface area contributed by atoms with Crippen molar-refractivity contribution in [3.8, 4) is 0 Å². The van der Waals surface area contributed by atoms with Gasteiger partial charge < -0.3 is 14.2 Å². The Bertz CT molecular complexity index is 767. The smallest absolute Gasteiger partial charge is 0.343 e. The summed E-state index contributed by atoms with van der Waals surface area (Å²) in [6, 6.07) is 0. The maximum absolute atomic E-state index is 12.1. The minimum atomic E-state index is -0.448. The second-order valence-corrected chi connectivity index (χ2v) is 8.09. The van der Waals surface area contributed by atoms with Crippen molar-refractivity contribution in [2.24, 2.45) is 5.41 Å². The third kappa shape index (κ3) is 3.05. The molecule has 0 bridgehead atoms. The van der Waals surface area contributed by atoms with Gasteiger partial charge in [0.2, 0.25) is 0 Å². The number of esters is 2. The van der Waals surface area contributed by atoms with Gasteiger partial charge >= 0.3 is 11.9 Å². The van der Waals surface area contributed by atoms with E-state index in [2.05, 4.69) is 25.5 Å². The third-order valence-electron chi connectivity index (χ3n) is 5.75. The number of hydrogen-bond donors (Lipinski definition) is 0. The Balaban J connectivity index is 1.80. The molecule has 0 N–H and O–H groups in total. The fourth-order valence-corrected chi connectivity index (χ4v) is 4.22. The van der Waals surface area contributed by atoms with E-state index in [9.17, 15) is 9.59 Å². The van der Waals surface area contributed by atoms with Gasteiger partial charge in [-0.3, -0.25) is 0 Å². The van der Waals surface area contributed by atoms with Crippen LogP contribution in [0, 0.1) is 5.41 Å². The normalized spacial score (nSPS) is 34.5. The molecule has 3 aliphatic rings. The van der Waals surface area contributed by atoms with E-state index < -0.39 is 11.9 Å². The van der Waals surface area contributed by atoms with Gasteiger partial charge in [0.25, 0.3) is 0 Å². The Morgan fingerprint density at radius 2 is 2.00 bits per heavy atom. The monoisotopic (exact) mass is 358 g/mol. The lowest BCUT2D eigenvalue weighted by Gasteiger charge is -2.36. The van der Waals surface area contributed by atoms with E-state index >= 15 is 0 Å². The molecule has 0 aromatic rings. The van der Waals surface area contributed by atoms with Crippen molar-refractivity contribution in [2.45, 2.75) is 58.2 Å². The summed E-state index contributed by atoms with van der Waals surface area (Å²) in [5.41, 5.74) is 0.680. The summed E-state index contributed by atoms with van der Waals surface area (Å²) < 4.78 is 16.0. The average molecular weight is 358 g/mol. The van der Waals surface area contributed by atoms with Crippen LogP contribution in [0.5, 0.6) is 0 Å². The number of cyclic esters (lactones) is 1. The fraction of sp³-hybridized carbons (Fsp3) is 0.524. The predicted molar refractivity (Wildman–Crippen MR) is 97.0 cm³/mol. The minimum Gasteiger partial charge on any atom is -0.466 e. The standard InChI is InChI=1S/C21H26O5/c1-14(12-17(22)24-5)11-16-13-15(18(23)25-16)7-10-21-19(2,3)8-6-9-20(21,4)26-21/h7,10-13H,6,8-9H2,1-5H3/b10-7+,14-12+,16-11-/t20-,21+/m1/s1. The largest absolute Gasteiger partial charge is 0.466 e. The summed E-state index contributed by atoms with van der Waals surface area (Å²) in [6.45, 7) is 8.32. The van der Waals surface area contributed by atoms with Crippen LogP contribution in [0.1, 0.15) is 47.0 Å². The van der Waals surface area contributed by atoms with Crippen LogP contribution in [-0.4, -0.2) is 30.3 Å². The highest BCUT2D eigenvalue weighted by Gasteiger charge is 2.73. The number of ether oxygens (including phenoxy) is 3. The van der Waals surface area contributed by atoms with E-state index in [0.717, 1.165) is 19.3 Å². The number of methoxy groups -OCH3 is 1. The second-order valence-electron chi connectivity index (χ2n) is 8.09. The lowest BCUT2D eigenvalue weighted by Crippen LogP contribution is -2.41. The molecule has 2 atom stereocenters. The van der Waals surface area contributed by atoms with Gasteiger partial charge in [0.05, 0.1) is 18.3 Å². The van der Waals surface area contributed by atoms with E-state index in [1.54, 1.807) is 25.2 Å². The summed E-state index contributed by atoms with van der Waals surface area (Å²) in [5, 5.41) is 0. The molecule has 5 nitrogen and oxygen atoms in total. The topological polar surface area (TPSA) is 65.1 Å². The van der Waals surface area contributed by atoms with Gasteiger partial charge in [-0.25, -0.2) is 9.59 Å². The second kappa shape index (κ2) is 6.23. The predicted octanol–water partition coefficient (Wildman–Crippen LogP) is 3.77. The molecule has 0 aromatic heterocycles. The molecule has 0 aromatic carbocycles. The number of rotatable bonds is 4. The van der Waals surface area contributed by atoms with Crippen LogP contribution in [0.15, 0.2) is 47.3 Å². The Morgan fingerprint density at radius 1 is 1.27 bits per heavy atom. The van der Waals surface area contributed by atoms with Gasteiger partial charge in [0.1, 0.15) is 11.4 Å². The molecule has 0 amide bonds. The number of hydrogen-bond acceptors (Lipinski definition) is 5. The van der Waals surface area contributed by atoms with Crippen molar-refractivity contribution in [3.63, 3.8) is 0 Å². The van der Waals surface area contributed by atoms with Gasteiger partial charge in [0, 0.05) is 11.5 Å². The highest BCUT2D eigenvalue weighted by atomic mass is 16.6. The third-order valence-corrected chi connectivity index (χ3v) is 5.75. The van der Waals surface area contributed by atoms with Crippen LogP contribution >= 0.6 is 0 Å². The van der Waals surface area contributed by atoms with Crippen molar-refractivity contribution in [1.82, 2.24) is 0 Å². The summed E-state index contributed by atoms with van der Waals surface area (Å²) in [4.78, 5) is 23.4. The molecule has 2 heterocycles. The fourth-order valence-electron chi connectivity index (χ4n) is 4.22. The molecule has 0 spiro atoms. The zero-order valence-corrected chi connectivity index (χ0v) is 16.0. The summed E-state index contributed by atoms with van der Waals surface area (Å²) in [7, 11) is 1.32. The molecule has 26 heavy (non-hydrogen) atoms. The first-order valence-corrected chi connectivity index (χ1v) is 8.94. The van der Waals surface area contributed by atoms with Crippen LogP contribution < -0.4 is 0 Å². The van der Waals surface area contributed by atoms with Crippen LogP contribution in [0.2, 0.25) is 0 Å². The van der Waals surface area contributed by atoms with Gasteiger partial charge in [-0.2, -0.15) is 0 Å². The Labute approximate surface area is 154 Å². The first-order valence-electron chi connectivity index (χ1n) is 8.94. The summed E-state index contributed by atoms with van der Waals surface area (Å²) >= 11 is 0. The maximum atomic E-state index is 12.1. The lowest BCUT2D eigenvalue weighted by molar-refractivity contribution is -0.135. The van der Waals surface area contributed by atoms with E-state index in [0.29, 0.717) is 16.9 Å². The van der Waals surface area contributed by atoms with Gasteiger partial charge in [-0.05, 0) is 63.0 Å². The number of epoxide rings is 1. The average Bonchev–Trinajstić information content (AvgIpc) is 3.04. The van der Waals surface area contributed by atoms with Gasteiger partial charge in [-0.15, -0.1) is 0 Å². The molecule has 5 heteroatoms. The molecule has 1 saturated heterocycles. The van der Waals surface area contributed by atoms with Crippen molar-refractivity contribution in [3.05, 3.63) is 47.3 Å². The number of allylic oxidation sites excluding steroid dienone is 3. The first kappa shape index (κ1) is 18.6. The zero-order valence-electron chi connectivity index (χ0n) is 16.0. The van der Waals surface area contributed by atoms with E-state index in [-0.39, 0.29) is 16.6 Å². The van der Waals surface area contributed by atoms with Crippen molar-refractivity contribution >= 4 is 11.9 Å². The molecule has 2 aliphatic heterocycles. The minimum absolute atomic E-state index is 0.0259. The first-order chi connectivity index (χ1) is 12.1. The van der Waals surface area contributed by atoms with Crippen molar-refractivity contribution in [1.29, 1.82) is 0 Å². The highest BCUT2D eigenvalue weighted by Crippen LogP contribution is 2.66. The number of carbonyl (C=O) groups excluding carboxylic acids is 2. The van der Waals surface area contributed by atoms with Crippen LogP contribution in [0.25, 0.3) is 0 Å². The van der Waals surface area contributed by atoms with Gasteiger partial charge in [-0.1, -0.05) is 13.8 Å². The Kier molecular flexibility index (Phi) is 4.47.